The molecule has 0 unspecified atom stereocenters. The first-order valence-electron chi connectivity index (χ1n) is 9.65. The van der Waals surface area contributed by atoms with Crippen molar-refractivity contribution in [2.75, 3.05) is 5.73 Å². The number of anilines is 1. The minimum atomic E-state index is -0.467. The summed E-state index contributed by atoms with van der Waals surface area (Å²) in [7, 11) is 0. The second-order valence-corrected chi connectivity index (χ2v) is 7.18. The minimum Gasteiger partial charge on any atom is -0.441 e. The van der Waals surface area contributed by atoms with Gasteiger partial charge in [-0.15, -0.1) is 5.10 Å². The summed E-state index contributed by atoms with van der Waals surface area (Å²) in [5.74, 6) is 0.452. The summed E-state index contributed by atoms with van der Waals surface area (Å²) in [6.45, 7) is 4.25. The van der Waals surface area contributed by atoms with Crippen LogP contribution < -0.4 is 11.1 Å². The number of halogens is 1. The fourth-order valence-corrected chi connectivity index (χ4v) is 3.00. The monoisotopic (exact) mass is 420 g/mol. The van der Waals surface area contributed by atoms with Gasteiger partial charge in [0.25, 0.3) is 5.91 Å². The van der Waals surface area contributed by atoms with E-state index in [0.29, 0.717) is 17.3 Å². The molecule has 31 heavy (non-hydrogen) atoms. The predicted molar refractivity (Wildman–Crippen MR) is 113 cm³/mol. The quantitative estimate of drug-likeness (QED) is 0.495. The standard InChI is InChI=1S/C22H21FN6O2/c1-13-3-7-16(8-4-13)22-26-18(14(2)31-22)12-29-20(24)19(27-28-29)21(30)25-11-15-5-9-17(23)10-6-15/h3-10H,11-12,24H2,1-2H3,(H,25,30). The number of nitrogens with zero attached hydrogens (tertiary/aromatic N) is 4. The van der Waals surface area contributed by atoms with Crippen LogP contribution in [0.1, 0.15) is 33.1 Å². The van der Waals surface area contributed by atoms with Crippen molar-refractivity contribution in [3.05, 3.63) is 82.6 Å². The number of aryl methyl sites for hydroxylation is 2. The number of oxazole rings is 1. The van der Waals surface area contributed by atoms with Gasteiger partial charge in [-0.05, 0) is 43.7 Å². The number of nitrogens with one attached hydrogen (secondary N) is 1. The molecule has 0 radical (unpaired) electrons. The lowest BCUT2D eigenvalue weighted by Crippen LogP contribution is -2.24. The summed E-state index contributed by atoms with van der Waals surface area (Å²) in [5.41, 5.74) is 9.52. The van der Waals surface area contributed by atoms with E-state index in [4.69, 9.17) is 10.2 Å². The van der Waals surface area contributed by atoms with Crippen molar-refractivity contribution < 1.29 is 13.6 Å². The average molecular weight is 420 g/mol. The number of carbonyl (C=O) groups excluding carboxylic acids is 1. The molecule has 0 saturated carbocycles. The minimum absolute atomic E-state index is 0.0158. The number of nitrogens with two attached hydrogens (primary N) is 1. The number of hydrogen-bond acceptors (Lipinski definition) is 6. The summed E-state index contributed by atoms with van der Waals surface area (Å²) in [4.78, 5) is 17.0. The molecule has 158 valence electrons. The molecule has 2 aromatic heterocycles. The molecular formula is C22H21FN6O2. The molecule has 0 aliphatic heterocycles. The van der Waals surface area contributed by atoms with Gasteiger partial charge in [-0.25, -0.2) is 14.1 Å². The van der Waals surface area contributed by atoms with E-state index in [2.05, 4.69) is 20.6 Å². The Morgan fingerprint density at radius 1 is 1.13 bits per heavy atom. The van der Waals surface area contributed by atoms with Crippen molar-refractivity contribution in [2.45, 2.75) is 26.9 Å². The zero-order valence-corrected chi connectivity index (χ0v) is 17.1. The molecule has 4 aromatic rings. The second-order valence-electron chi connectivity index (χ2n) is 7.18. The summed E-state index contributed by atoms with van der Waals surface area (Å²) < 4.78 is 20.2. The summed E-state index contributed by atoms with van der Waals surface area (Å²) in [6, 6.07) is 13.7. The van der Waals surface area contributed by atoms with Gasteiger partial charge in [-0.1, -0.05) is 35.0 Å². The lowest BCUT2D eigenvalue weighted by Gasteiger charge is -2.04. The van der Waals surface area contributed by atoms with Crippen molar-refractivity contribution in [1.29, 1.82) is 0 Å². The van der Waals surface area contributed by atoms with Crippen LogP contribution in [0.25, 0.3) is 11.5 Å². The predicted octanol–water partition coefficient (Wildman–Crippen LogP) is 3.25. The SMILES string of the molecule is Cc1ccc(-c2nc(Cn3nnc(C(=O)NCc4ccc(F)cc4)c3N)c(C)o2)cc1. The Morgan fingerprint density at radius 2 is 1.84 bits per heavy atom. The van der Waals surface area contributed by atoms with Crippen LogP contribution in [-0.4, -0.2) is 25.9 Å². The van der Waals surface area contributed by atoms with Crippen LogP contribution >= 0.6 is 0 Å². The molecule has 0 atom stereocenters. The molecular weight excluding hydrogens is 399 g/mol. The number of carbonyl (C=O) groups is 1. The molecule has 3 N–H and O–H groups in total. The van der Waals surface area contributed by atoms with Crippen molar-refractivity contribution >= 4 is 11.7 Å². The molecule has 2 aromatic carbocycles. The van der Waals surface area contributed by atoms with E-state index in [1.807, 2.05) is 38.1 Å². The van der Waals surface area contributed by atoms with Gasteiger partial charge in [0.05, 0.1) is 6.54 Å². The highest BCUT2D eigenvalue weighted by Gasteiger charge is 2.19. The highest BCUT2D eigenvalue weighted by Crippen LogP contribution is 2.23. The van der Waals surface area contributed by atoms with Gasteiger partial charge in [-0.3, -0.25) is 4.79 Å². The zero-order chi connectivity index (χ0) is 22.0. The van der Waals surface area contributed by atoms with Crippen molar-refractivity contribution in [3.63, 3.8) is 0 Å². The normalized spacial score (nSPS) is 10.9. The first-order chi connectivity index (χ1) is 14.9. The molecule has 9 heteroatoms. The number of aromatic nitrogens is 4. The lowest BCUT2D eigenvalue weighted by atomic mass is 10.1. The third-order valence-electron chi connectivity index (χ3n) is 4.85. The van der Waals surface area contributed by atoms with Crippen LogP contribution in [0, 0.1) is 19.7 Å². The van der Waals surface area contributed by atoms with Crippen LogP contribution in [-0.2, 0) is 13.1 Å². The van der Waals surface area contributed by atoms with Gasteiger partial charge >= 0.3 is 0 Å². The summed E-state index contributed by atoms with van der Waals surface area (Å²) >= 11 is 0. The number of rotatable bonds is 6. The van der Waals surface area contributed by atoms with Gasteiger partial charge in [0.1, 0.15) is 17.3 Å². The van der Waals surface area contributed by atoms with Crippen molar-refractivity contribution in [1.82, 2.24) is 25.3 Å². The molecule has 0 spiro atoms. The van der Waals surface area contributed by atoms with E-state index in [0.717, 1.165) is 16.7 Å². The van der Waals surface area contributed by atoms with Gasteiger partial charge in [-0.2, -0.15) is 0 Å². The molecule has 2 heterocycles. The largest absolute Gasteiger partial charge is 0.441 e. The topological polar surface area (TPSA) is 112 Å². The zero-order valence-electron chi connectivity index (χ0n) is 17.1. The van der Waals surface area contributed by atoms with Crippen LogP contribution in [0.5, 0.6) is 0 Å². The number of hydrogen-bond donors (Lipinski definition) is 2. The van der Waals surface area contributed by atoms with Crippen molar-refractivity contribution in [3.8, 4) is 11.5 Å². The van der Waals surface area contributed by atoms with Gasteiger partial charge in [0, 0.05) is 12.1 Å². The fourth-order valence-electron chi connectivity index (χ4n) is 3.00. The Hall–Kier alpha value is -4.01. The molecule has 0 bridgehead atoms. The fraction of sp³-hybridized carbons (Fsp3) is 0.182. The van der Waals surface area contributed by atoms with Crippen molar-refractivity contribution in [2.24, 2.45) is 0 Å². The number of amides is 1. The van der Waals surface area contributed by atoms with E-state index >= 15 is 0 Å². The van der Waals surface area contributed by atoms with Crippen LogP contribution in [0.3, 0.4) is 0 Å². The van der Waals surface area contributed by atoms with E-state index < -0.39 is 5.91 Å². The molecule has 0 saturated heterocycles. The first-order valence-corrected chi connectivity index (χ1v) is 9.65. The van der Waals surface area contributed by atoms with Crippen LogP contribution in [0.2, 0.25) is 0 Å². The maximum Gasteiger partial charge on any atom is 0.275 e. The van der Waals surface area contributed by atoms with Gasteiger partial charge in [0.15, 0.2) is 11.5 Å². The molecule has 0 fully saturated rings. The molecule has 8 nitrogen and oxygen atoms in total. The average Bonchev–Trinajstić information content (AvgIpc) is 3.31. The van der Waals surface area contributed by atoms with Gasteiger partial charge < -0.3 is 15.5 Å². The Labute approximate surface area is 177 Å². The Morgan fingerprint density at radius 3 is 2.55 bits per heavy atom. The Bertz CT molecular complexity index is 1210. The maximum atomic E-state index is 13.0. The number of nitrogen functional groups attached to an aromatic ring is 1. The first kappa shape index (κ1) is 20.3. The van der Waals surface area contributed by atoms with Gasteiger partial charge in [0.2, 0.25) is 5.89 Å². The van der Waals surface area contributed by atoms with E-state index in [1.54, 1.807) is 12.1 Å². The third kappa shape index (κ3) is 4.45. The molecule has 0 aliphatic rings. The molecule has 4 rings (SSSR count). The van der Waals surface area contributed by atoms with E-state index in [1.165, 1.54) is 16.8 Å². The Balaban J connectivity index is 1.46. The highest BCUT2D eigenvalue weighted by atomic mass is 19.1. The van der Waals surface area contributed by atoms with E-state index in [9.17, 15) is 9.18 Å². The summed E-state index contributed by atoms with van der Waals surface area (Å²) in [5, 5.41) is 10.6. The number of benzene rings is 2. The van der Waals surface area contributed by atoms with Crippen LogP contribution in [0.4, 0.5) is 10.2 Å². The third-order valence-corrected chi connectivity index (χ3v) is 4.85. The molecule has 0 aliphatic carbocycles. The summed E-state index contributed by atoms with van der Waals surface area (Å²) in [6.07, 6.45) is 0. The van der Waals surface area contributed by atoms with E-state index in [-0.39, 0.29) is 30.4 Å². The highest BCUT2D eigenvalue weighted by molar-refractivity contribution is 5.96. The Kier molecular flexibility index (Phi) is 5.48. The maximum absolute atomic E-state index is 13.0. The molecule has 1 amide bonds. The second kappa shape index (κ2) is 8.39. The lowest BCUT2D eigenvalue weighted by molar-refractivity contribution is 0.0946. The van der Waals surface area contributed by atoms with Crippen LogP contribution in [0.15, 0.2) is 52.9 Å². The smallest absolute Gasteiger partial charge is 0.275 e.